The van der Waals surface area contributed by atoms with Crippen molar-refractivity contribution in [1.29, 1.82) is 0 Å². The van der Waals surface area contributed by atoms with Crippen molar-refractivity contribution >= 4 is 11.6 Å². The van der Waals surface area contributed by atoms with E-state index >= 15 is 0 Å². The molecule has 6 heteroatoms. The Kier molecular flexibility index (Phi) is 3.45. The Labute approximate surface area is 144 Å². The van der Waals surface area contributed by atoms with E-state index in [-0.39, 0.29) is 47.0 Å². The lowest BCUT2D eigenvalue weighted by molar-refractivity contribution is -0.174. The van der Waals surface area contributed by atoms with Crippen LogP contribution < -0.4 is 0 Å². The first-order chi connectivity index (χ1) is 11.8. The molecule has 0 radical (unpaired) electrons. The average Bonchev–Trinajstić information content (AvgIpc) is 2.54. The summed E-state index contributed by atoms with van der Waals surface area (Å²) in [4.78, 5) is 25.7. The standard InChI is InChI=1S/C19H20O6/c1-8-5-9-7-13(22)19(25)16(14(9)12(21)6-8)17(23)10-3-2-4-11(20)15(10)18(19)24/h2-4,8,13,16,18,20,22,24-25H,5-7H2,1H3/t8-,13+,16+,18-,19-/m1/s1. The summed E-state index contributed by atoms with van der Waals surface area (Å²) in [7, 11) is 0. The second-order valence-electron chi connectivity index (χ2n) is 7.50. The quantitative estimate of drug-likeness (QED) is 0.559. The van der Waals surface area contributed by atoms with Crippen molar-refractivity contribution in [2.75, 3.05) is 0 Å². The third kappa shape index (κ3) is 2.02. The van der Waals surface area contributed by atoms with E-state index in [0.29, 0.717) is 12.0 Å². The number of phenols is 1. The zero-order valence-corrected chi connectivity index (χ0v) is 13.8. The van der Waals surface area contributed by atoms with Gasteiger partial charge in [0.15, 0.2) is 11.6 Å². The molecule has 1 aromatic carbocycles. The van der Waals surface area contributed by atoms with Crippen molar-refractivity contribution in [3.63, 3.8) is 0 Å². The topological polar surface area (TPSA) is 115 Å². The van der Waals surface area contributed by atoms with Crippen LogP contribution in [0.1, 0.15) is 48.2 Å². The first-order valence-electron chi connectivity index (χ1n) is 8.46. The lowest BCUT2D eigenvalue weighted by Crippen LogP contribution is -2.62. The summed E-state index contributed by atoms with van der Waals surface area (Å²) < 4.78 is 0. The summed E-state index contributed by atoms with van der Waals surface area (Å²) in [5.74, 6) is -2.28. The first-order valence-corrected chi connectivity index (χ1v) is 8.46. The minimum Gasteiger partial charge on any atom is -0.508 e. The first kappa shape index (κ1) is 16.4. The summed E-state index contributed by atoms with van der Waals surface area (Å²) in [6.07, 6.45) is -2.17. The van der Waals surface area contributed by atoms with Crippen LogP contribution in [0.15, 0.2) is 29.3 Å². The summed E-state index contributed by atoms with van der Waals surface area (Å²) >= 11 is 0. The van der Waals surface area contributed by atoms with Gasteiger partial charge in [-0.2, -0.15) is 0 Å². The molecule has 1 aromatic rings. The molecule has 0 saturated heterocycles. The Hall–Kier alpha value is -2.02. The Morgan fingerprint density at radius 1 is 1.12 bits per heavy atom. The average molecular weight is 344 g/mol. The normalized spacial score (nSPS) is 37.4. The largest absolute Gasteiger partial charge is 0.508 e. The number of ketones is 2. The second-order valence-corrected chi connectivity index (χ2v) is 7.50. The van der Waals surface area contributed by atoms with Gasteiger partial charge in [0, 0.05) is 23.1 Å². The summed E-state index contributed by atoms with van der Waals surface area (Å²) in [5.41, 5.74) is -1.31. The number of hydrogen-bond acceptors (Lipinski definition) is 6. The van der Waals surface area contributed by atoms with E-state index < -0.39 is 29.5 Å². The van der Waals surface area contributed by atoms with Gasteiger partial charge < -0.3 is 20.4 Å². The molecule has 3 aliphatic rings. The maximum Gasteiger partial charge on any atom is 0.174 e. The lowest BCUT2D eigenvalue weighted by atomic mass is 9.57. The van der Waals surface area contributed by atoms with Gasteiger partial charge in [0.05, 0.1) is 12.0 Å². The molecule has 132 valence electrons. The molecule has 4 N–H and O–H groups in total. The van der Waals surface area contributed by atoms with E-state index in [1.54, 1.807) is 0 Å². The number of benzene rings is 1. The number of aliphatic hydroxyl groups excluding tert-OH is 2. The molecule has 3 aliphatic carbocycles. The number of aliphatic hydroxyl groups is 3. The van der Waals surface area contributed by atoms with Gasteiger partial charge in [0.25, 0.3) is 0 Å². The molecule has 0 unspecified atom stereocenters. The number of Topliss-reactive ketones (excluding diaryl/α,β-unsaturated/α-hetero) is 2. The fourth-order valence-electron chi connectivity index (χ4n) is 4.73. The van der Waals surface area contributed by atoms with E-state index in [1.165, 1.54) is 18.2 Å². The molecule has 6 nitrogen and oxygen atoms in total. The molecule has 0 aliphatic heterocycles. The highest BCUT2D eigenvalue weighted by atomic mass is 16.4. The van der Waals surface area contributed by atoms with Crippen molar-refractivity contribution in [3.8, 4) is 5.75 Å². The van der Waals surface area contributed by atoms with Crippen LogP contribution >= 0.6 is 0 Å². The predicted octanol–water partition coefficient (Wildman–Crippen LogP) is 1.03. The molecule has 25 heavy (non-hydrogen) atoms. The predicted molar refractivity (Wildman–Crippen MR) is 86.9 cm³/mol. The van der Waals surface area contributed by atoms with Gasteiger partial charge in [-0.25, -0.2) is 0 Å². The van der Waals surface area contributed by atoms with Gasteiger partial charge in [0.1, 0.15) is 17.5 Å². The number of rotatable bonds is 0. The molecular weight excluding hydrogens is 324 g/mol. The lowest BCUT2D eigenvalue weighted by Gasteiger charge is -2.51. The minimum absolute atomic E-state index is 0.0334. The fraction of sp³-hybridized carbons (Fsp3) is 0.474. The Balaban J connectivity index is 1.98. The highest BCUT2D eigenvalue weighted by molar-refractivity contribution is 6.11. The van der Waals surface area contributed by atoms with Crippen LogP contribution in [0.4, 0.5) is 0 Å². The van der Waals surface area contributed by atoms with Crippen LogP contribution in [0, 0.1) is 11.8 Å². The second kappa shape index (κ2) is 5.24. The van der Waals surface area contributed by atoms with Gasteiger partial charge in [-0.05, 0) is 24.8 Å². The van der Waals surface area contributed by atoms with Crippen LogP contribution in [0.25, 0.3) is 0 Å². The third-order valence-electron chi connectivity index (χ3n) is 5.86. The molecule has 0 heterocycles. The third-order valence-corrected chi connectivity index (χ3v) is 5.86. The summed E-state index contributed by atoms with van der Waals surface area (Å²) in [6.45, 7) is 1.93. The number of carbonyl (C=O) groups excluding carboxylic acids is 2. The van der Waals surface area contributed by atoms with E-state index in [9.17, 15) is 30.0 Å². The molecular formula is C19H20O6. The van der Waals surface area contributed by atoms with Crippen molar-refractivity contribution in [2.45, 2.75) is 44.0 Å². The van der Waals surface area contributed by atoms with Crippen LogP contribution in [0.2, 0.25) is 0 Å². The SMILES string of the molecule is C[C@H]1CC(=O)C2=C(C1)C[C@H](O)[C@@]1(O)[C@@H]2C(=O)c2cccc(O)c2[C@H]1O. The highest BCUT2D eigenvalue weighted by Gasteiger charge is 2.62. The van der Waals surface area contributed by atoms with Crippen LogP contribution in [0.3, 0.4) is 0 Å². The monoisotopic (exact) mass is 344 g/mol. The Morgan fingerprint density at radius 2 is 1.84 bits per heavy atom. The number of fused-ring (bicyclic) bond motifs is 3. The van der Waals surface area contributed by atoms with Crippen molar-refractivity contribution in [2.24, 2.45) is 11.8 Å². The zero-order chi connectivity index (χ0) is 18.1. The maximum atomic E-state index is 13.1. The molecule has 0 spiro atoms. The molecule has 0 saturated carbocycles. The molecule has 0 aromatic heterocycles. The zero-order valence-electron chi connectivity index (χ0n) is 13.8. The van der Waals surface area contributed by atoms with Gasteiger partial charge in [-0.1, -0.05) is 24.6 Å². The number of carbonyl (C=O) groups is 2. The summed E-state index contributed by atoms with van der Waals surface area (Å²) in [6, 6.07) is 4.24. The highest BCUT2D eigenvalue weighted by Crippen LogP contribution is 2.54. The molecule has 4 rings (SSSR count). The van der Waals surface area contributed by atoms with E-state index in [2.05, 4.69) is 0 Å². The van der Waals surface area contributed by atoms with Crippen molar-refractivity contribution in [3.05, 3.63) is 40.5 Å². The summed E-state index contributed by atoms with van der Waals surface area (Å²) in [5, 5.41) is 42.6. The minimum atomic E-state index is -2.22. The van der Waals surface area contributed by atoms with Gasteiger partial charge >= 0.3 is 0 Å². The van der Waals surface area contributed by atoms with Crippen molar-refractivity contribution in [1.82, 2.24) is 0 Å². The molecule has 5 atom stereocenters. The Bertz CT molecular complexity index is 825. The van der Waals surface area contributed by atoms with Crippen LogP contribution in [-0.2, 0) is 4.79 Å². The van der Waals surface area contributed by atoms with E-state index in [4.69, 9.17) is 0 Å². The van der Waals surface area contributed by atoms with Gasteiger partial charge in [-0.3, -0.25) is 9.59 Å². The number of phenolic OH excluding ortho intramolecular Hbond substituents is 1. The van der Waals surface area contributed by atoms with Crippen molar-refractivity contribution < 1.29 is 30.0 Å². The van der Waals surface area contributed by atoms with Gasteiger partial charge in [0.2, 0.25) is 0 Å². The Morgan fingerprint density at radius 3 is 2.56 bits per heavy atom. The van der Waals surface area contributed by atoms with Gasteiger partial charge in [-0.15, -0.1) is 0 Å². The van der Waals surface area contributed by atoms with Crippen LogP contribution in [0.5, 0.6) is 5.75 Å². The van der Waals surface area contributed by atoms with E-state index in [0.717, 1.165) is 0 Å². The fourth-order valence-corrected chi connectivity index (χ4v) is 4.73. The maximum absolute atomic E-state index is 13.1. The van der Waals surface area contributed by atoms with E-state index in [1.807, 2.05) is 6.92 Å². The molecule has 0 fully saturated rings. The van der Waals surface area contributed by atoms with Crippen LogP contribution in [-0.4, -0.2) is 43.7 Å². The number of hydrogen-bond donors (Lipinski definition) is 4. The smallest absolute Gasteiger partial charge is 0.174 e. The molecule has 0 amide bonds. The number of aromatic hydroxyl groups is 1. The molecule has 0 bridgehead atoms.